The molecule has 0 heterocycles. The van der Waals surface area contributed by atoms with Gasteiger partial charge in [-0.2, -0.15) is 0 Å². The minimum atomic E-state index is 0.996. The minimum Gasteiger partial charge on any atom is -0.310 e. The van der Waals surface area contributed by atoms with Gasteiger partial charge in [0.1, 0.15) is 0 Å². The van der Waals surface area contributed by atoms with Crippen molar-refractivity contribution in [3.05, 3.63) is 222 Å². The third kappa shape index (κ3) is 6.58. The molecule has 0 aromatic heterocycles. The third-order valence-electron chi connectivity index (χ3n) is 12.8. The van der Waals surface area contributed by atoms with Crippen LogP contribution in [0.15, 0.2) is 194 Å². The Labute approximate surface area is 359 Å². The number of allylic oxidation sites excluding steroid dienone is 5. The monoisotopic (exact) mass is 781 g/mol. The predicted molar refractivity (Wildman–Crippen MR) is 263 cm³/mol. The average Bonchev–Trinajstić information content (AvgIpc) is 3.31. The molecule has 0 saturated carbocycles. The molecule has 292 valence electrons. The number of anilines is 3. The Bertz CT molecular complexity index is 3210. The van der Waals surface area contributed by atoms with Crippen LogP contribution in [0.1, 0.15) is 47.1 Å². The number of fused-ring (bicyclic) bond motifs is 7. The SMILES string of the molecule is Cc1cc(C)cc(N(c2ccc(-c3cccc4ccccc34)cc2)c2ccc3c(c2)c2c(c4c(-c5ccccc5)cc(C5=CCCC=C5)c(-c5ccccc5)c43)C=CCC2)c1. The van der Waals surface area contributed by atoms with Crippen LogP contribution in [0.3, 0.4) is 0 Å². The molecule has 0 atom stereocenters. The molecule has 61 heavy (non-hydrogen) atoms. The summed E-state index contributed by atoms with van der Waals surface area (Å²) in [7, 11) is 0. The van der Waals surface area contributed by atoms with Gasteiger partial charge < -0.3 is 4.90 Å². The summed E-state index contributed by atoms with van der Waals surface area (Å²) in [6.07, 6.45) is 16.1. The van der Waals surface area contributed by atoms with Gasteiger partial charge in [0.2, 0.25) is 0 Å². The van der Waals surface area contributed by atoms with E-state index in [2.05, 4.69) is 219 Å². The highest BCUT2D eigenvalue weighted by Gasteiger charge is 2.26. The highest BCUT2D eigenvalue weighted by molar-refractivity contribution is 6.24. The summed E-state index contributed by atoms with van der Waals surface area (Å²) in [6.45, 7) is 4.41. The van der Waals surface area contributed by atoms with Crippen LogP contribution in [0.4, 0.5) is 17.1 Å². The van der Waals surface area contributed by atoms with Crippen LogP contribution in [0, 0.1) is 13.8 Å². The predicted octanol–water partition coefficient (Wildman–Crippen LogP) is 16.9. The van der Waals surface area contributed by atoms with Crippen molar-refractivity contribution in [2.45, 2.75) is 39.5 Å². The van der Waals surface area contributed by atoms with E-state index < -0.39 is 0 Å². The molecule has 1 nitrogen and oxygen atoms in total. The Morgan fingerprint density at radius 1 is 0.426 bits per heavy atom. The summed E-state index contributed by atoms with van der Waals surface area (Å²) in [4.78, 5) is 2.46. The molecular formula is C60H47N. The van der Waals surface area contributed by atoms with Crippen LogP contribution in [0.2, 0.25) is 0 Å². The maximum atomic E-state index is 2.49. The van der Waals surface area contributed by atoms with Crippen molar-refractivity contribution in [1.82, 2.24) is 0 Å². The van der Waals surface area contributed by atoms with Crippen LogP contribution in [-0.4, -0.2) is 0 Å². The second-order valence-electron chi connectivity index (χ2n) is 16.8. The molecule has 0 spiro atoms. The Morgan fingerprint density at radius 2 is 1.11 bits per heavy atom. The summed E-state index contributed by atoms with van der Waals surface area (Å²) in [5.41, 5.74) is 18.9. The molecule has 11 rings (SSSR count). The van der Waals surface area contributed by atoms with Crippen molar-refractivity contribution < 1.29 is 0 Å². The minimum absolute atomic E-state index is 0.996. The van der Waals surface area contributed by atoms with Gasteiger partial charge in [-0.1, -0.05) is 158 Å². The third-order valence-corrected chi connectivity index (χ3v) is 12.8. The average molecular weight is 782 g/mol. The molecule has 2 aliphatic rings. The van der Waals surface area contributed by atoms with E-state index in [1.54, 1.807) is 0 Å². The van der Waals surface area contributed by atoms with E-state index in [-0.39, 0.29) is 0 Å². The van der Waals surface area contributed by atoms with E-state index in [0.29, 0.717) is 0 Å². The number of nitrogens with zero attached hydrogens (tertiary/aromatic N) is 1. The van der Waals surface area contributed by atoms with Gasteiger partial charge in [0.25, 0.3) is 0 Å². The summed E-state index contributed by atoms with van der Waals surface area (Å²) in [5.74, 6) is 0. The van der Waals surface area contributed by atoms with Crippen molar-refractivity contribution in [3.63, 3.8) is 0 Å². The largest absolute Gasteiger partial charge is 0.310 e. The summed E-state index contributed by atoms with van der Waals surface area (Å²) >= 11 is 0. The summed E-state index contributed by atoms with van der Waals surface area (Å²) in [5, 5.41) is 7.83. The van der Waals surface area contributed by atoms with Crippen molar-refractivity contribution >= 4 is 61.0 Å². The van der Waals surface area contributed by atoms with Gasteiger partial charge >= 0.3 is 0 Å². The molecule has 0 N–H and O–H groups in total. The number of benzene rings is 9. The van der Waals surface area contributed by atoms with Crippen molar-refractivity contribution in [2.75, 3.05) is 4.90 Å². The molecule has 9 aromatic carbocycles. The topological polar surface area (TPSA) is 3.24 Å². The normalized spacial score (nSPS) is 13.4. The van der Waals surface area contributed by atoms with Gasteiger partial charge in [0.15, 0.2) is 0 Å². The van der Waals surface area contributed by atoms with Gasteiger partial charge in [0.05, 0.1) is 0 Å². The standard InChI is InChI=1S/C60H47N/c1-40-35-41(2)37-49(36-40)61(47-31-29-45(30-32-47)51-28-16-24-42-21-12-13-25-50(42)51)48-33-34-54-57(38-48)52-26-14-15-27-53(52)59-56(44-19-8-4-9-20-44)39-55(43-17-6-3-7-18-43)58(60(54)59)46-22-10-5-11-23-46/h4-6,8-13,15-25,27-39H,3,7,14,26H2,1-2H3. The first-order valence-electron chi connectivity index (χ1n) is 21.8. The summed E-state index contributed by atoms with van der Waals surface area (Å²) < 4.78 is 0. The van der Waals surface area contributed by atoms with Crippen LogP contribution < -0.4 is 4.90 Å². The number of rotatable bonds is 7. The fourth-order valence-electron chi connectivity index (χ4n) is 10.1. The first-order chi connectivity index (χ1) is 30.1. The van der Waals surface area contributed by atoms with Gasteiger partial charge in [-0.05, 0) is 181 Å². The van der Waals surface area contributed by atoms with Crippen LogP contribution in [0.25, 0.3) is 77.3 Å². The van der Waals surface area contributed by atoms with Crippen molar-refractivity contribution in [2.24, 2.45) is 0 Å². The fraction of sp³-hybridized carbons (Fsp3) is 0.100. The fourth-order valence-corrected chi connectivity index (χ4v) is 10.1. The van der Waals surface area contributed by atoms with Crippen molar-refractivity contribution in [1.29, 1.82) is 0 Å². The Kier molecular flexibility index (Phi) is 9.31. The lowest BCUT2D eigenvalue weighted by molar-refractivity contribution is 1.00. The molecule has 0 saturated heterocycles. The van der Waals surface area contributed by atoms with Crippen LogP contribution in [-0.2, 0) is 6.42 Å². The van der Waals surface area contributed by atoms with Crippen LogP contribution in [0.5, 0.6) is 0 Å². The molecule has 0 unspecified atom stereocenters. The lowest BCUT2D eigenvalue weighted by Gasteiger charge is -2.29. The molecule has 1 heteroatoms. The van der Waals surface area contributed by atoms with Gasteiger partial charge in [0, 0.05) is 17.1 Å². The molecule has 0 radical (unpaired) electrons. The zero-order valence-corrected chi connectivity index (χ0v) is 34.8. The maximum Gasteiger partial charge on any atom is 0.0468 e. The number of hydrogen-bond acceptors (Lipinski definition) is 1. The lowest BCUT2D eigenvalue weighted by atomic mass is 9.78. The Balaban J connectivity index is 1.20. The molecule has 0 fully saturated rings. The molecule has 0 aliphatic heterocycles. The molecule has 0 amide bonds. The number of hydrogen-bond donors (Lipinski definition) is 0. The summed E-state index contributed by atoms with van der Waals surface area (Å²) in [6, 6.07) is 63.3. The van der Waals surface area contributed by atoms with E-state index in [9.17, 15) is 0 Å². The van der Waals surface area contributed by atoms with Crippen molar-refractivity contribution in [3.8, 4) is 33.4 Å². The van der Waals surface area contributed by atoms with E-state index in [1.165, 1.54) is 105 Å². The highest BCUT2D eigenvalue weighted by Crippen LogP contribution is 2.50. The van der Waals surface area contributed by atoms with E-state index >= 15 is 0 Å². The number of aryl methyl sites for hydroxylation is 3. The Hall–Kier alpha value is -7.22. The van der Waals surface area contributed by atoms with Gasteiger partial charge in [-0.25, -0.2) is 0 Å². The van der Waals surface area contributed by atoms with E-state index in [0.717, 1.165) is 37.1 Å². The van der Waals surface area contributed by atoms with Crippen LogP contribution >= 0.6 is 0 Å². The zero-order valence-electron chi connectivity index (χ0n) is 34.8. The lowest BCUT2D eigenvalue weighted by Crippen LogP contribution is -2.11. The highest BCUT2D eigenvalue weighted by atomic mass is 15.1. The molecular weight excluding hydrogens is 735 g/mol. The first kappa shape index (κ1) is 36.8. The zero-order chi connectivity index (χ0) is 40.9. The van der Waals surface area contributed by atoms with Gasteiger partial charge in [-0.15, -0.1) is 0 Å². The van der Waals surface area contributed by atoms with E-state index in [1.807, 2.05) is 0 Å². The molecule has 9 aromatic rings. The van der Waals surface area contributed by atoms with Gasteiger partial charge in [-0.3, -0.25) is 0 Å². The molecule has 2 aliphatic carbocycles. The maximum absolute atomic E-state index is 2.49. The second-order valence-corrected chi connectivity index (χ2v) is 16.8. The first-order valence-corrected chi connectivity index (χ1v) is 21.8. The Morgan fingerprint density at radius 3 is 1.89 bits per heavy atom. The van der Waals surface area contributed by atoms with E-state index in [4.69, 9.17) is 0 Å². The quantitative estimate of drug-likeness (QED) is 0.146. The molecule has 0 bridgehead atoms. The second kappa shape index (κ2) is 15.4. The smallest absolute Gasteiger partial charge is 0.0468 e.